The lowest BCUT2D eigenvalue weighted by Crippen LogP contribution is -2.24. The molecule has 0 rings (SSSR count). The summed E-state index contributed by atoms with van der Waals surface area (Å²) in [6.07, 6.45) is 3.02. The van der Waals surface area contributed by atoms with Crippen molar-refractivity contribution in [3.63, 3.8) is 0 Å². The lowest BCUT2D eigenvalue weighted by atomic mass is 10.4. The van der Waals surface area contributed by atoms with Crippen LogP contribution in [0.2, 0.25) is 19.6 Å². The first kappa shape index (κ1) is 9.92. The molecule has 0 saturated carbocycles. The molecule has 0 atom stereocenters. The average Bonchev–Trinajstić information content (AvgIpc) is 1.80. The molecule has 0 spiro atoms. The molecule has 0 bridgehead atoms. The molecule has 0 aliphatic rings. The minimum absolute atomic E-state index is 0.296. The zero-order valence-electron chi connectivity index (χ0n) is 7.44. The molecule has 0 saturated heterocycles. The van der Waals surface area contributed by atoms with Crippen molar-refractivity contribution in [2.75, 3.05) is 6.61 Å². The molecular formula is C8H18OSi. The predicted octanol–water partition coefficient (Wildman–Crippen LogP) is 2.19. The largest absolute Gasteiger partial charge is 0.396 e. The molecule has 0 aromatic carbocycles. The Bertz CT molecular complexity index is 122. The van der Waals surface area contributed by atoms with Crippen LogP contribution in [-0.4, -0.2) is 19.8 Å². The van der Waals surface area contributed by atoms with Crippen LogP contribution in [0.15, 0.2) is 11.3 Å². The van der Waals surface area contributed by atoms with Gasteiger partial charge in [-0.3, -0.25) is 0 Å². The Hall–Kier alpha value is -0.0831. The Morgan fingerprint density at radius 2 is 1.90 bits per heavy atom. The lowest BCUT2D eigenvalue weighted by Gasteiger charge is -2.19. The molecule has 1 nitrogen and oxygen atoms in total. The topological polar surface area (TPSA) is 20.2 Å². The number of allylic oxidation sites excluding steroid dienone is 1. The van der Waals surface area contributed by atoms with E-state index in [0.717, 1.165) is 6.42 Å². The Balaban J connectivity index is 4.10. The van der Waals surface area contributed by atoms with Crippen molar-refractivity contribution in [3.8, 4) is 0 Å². The van der Waals surface area contributed by atoms with E-state index in [-0.39, 0.29) is 0 Å². The summed E-state index contributed by atoms with van der Waals surface area (Å²) in [5.41, 5.74) is 0. The van der Waals surface area contributed by atoms with Gasteiger partial charge in [0.25, 0.3) is 0 Å². The van der Waals surface area contributed by atoms with Crippen LogP contribution in [0.5, 0.6) is 0 Å². The average molecular weight is 158 g/mol. The summed E-state index contributed by atoms with van der Waals surface area (Å²) >= 11 is 0. The second-order valence-electron chi connectivity index (χ2n) is 3.54. The Labute approximate surface area is 64.8 Å². The van der Waals surface area contributed by atoms with Gasteiger partial charge in [0.2, 0.25) is 0 Å². The minimum Gasteiger partial charge on any atom is -0.396 e. The maximum Gasteiger partial charge on any atom is 0.0721 e. The van der Waals surface area contributed by atoms with Crippen molar-refractivity contribution in [2.24, 2.45) is 0 Å². The van der Waals surface area contributed by atoms with Gasteiger partial charge >= 0.3 is 0 Å². The highest BCUT2D eigenvalue weighted by Gasteiger charge is 2.17. The van der Waals surface area contributed by atoms with Crippen LogP contribution in [0.3, 0.4) is 0 Å². The molecule has 0 aromatic heterocycles. The highest BCUT2D eigenvalue weighted by molar-refractivity contribution is 6.83. The second kappa shape index (κ2) is 3.94. The van der Waals surface area contributed by atoms with Crippen LogP contribution in [0, 0.1) is 0 Å². The highest BCUT2D eigenvalue weighted by Crippen LogP contribution is 2.16. The number of rotatable bonds is 3. The normalized spacial score (nSPS) is 13.9. The van der Waals surface area contributed by atoms with E-state index in [0.29, 0.717) is 6.61 Å². The zero-order valence-corrected chi connectivity index (χ0v) is 8.44. The minimum atomic E-state index is -1.11. The molecule has 0 unspecified atom stereocenters. The molecule has 10 heavy (non-hydrogen) atoms. The zero-order chi connectivity index (χ0) is 8.20. The van der Waals surface area contributed by atoms with Gasteiger partial charge in [-0.15, -0.1) is 0 Å². The van der Waals surface area contributed by atoms with Crippen molar-refractivity contribution >= 4 is 8.07 Å². The van der Waals surface area contributed by atoms with Crippen LogP contribution >= 0.6 is 0 Å². The van der Waals surface area contributed by atoms with E-state index in [9.17, 15) is 0 Å². The first-order valence-corrected chi connectivity index (χ1v) is 7.29. The number of hydrogen-bond acceptors (Lipinski definition) is 1. The number of aliphatic hydroxyl groups excluding tert-OH is 1. The van der Waals surface area contributed by atoms with Crippen LogP contribution in [-0.2, 0) is 0 Å². The lowest BCUT2D eigenvalue weighted by molar-refractivity contribution is 0.301. The van der Waals surface area contributed by atoms with Gasteiger partial charge in [-0.25, -0.2) is 0 Å². The van der Waals surface area contributed by atoms with Crippen LogP contribution in [0.1, 0.15) is 13.3 Å². The molecule has 0 heterocycles. The summed E-state index contributed by atoms with van der Waals surface area (Å²) in [5, 5.41) is 10.2. The predicted molar refractivity (Wildman–Crippen MR) is 48.8 cm³/mol. The summed E-state index contributed by atoms with van der Waals surface area (Å²) in [4.78, 5) is 0. The fraction of sp³-hybridized carbons (Fsp3) is 0.750. The third-order valence-electron chi connectivity index (χ3n) is 1.69. The summed E-state index contributed by atoms with van der Waals surface area (Å²) in [6.45, 7) is 9.27. The van der Waals surface area contributed by atoms with Crippen molar-refractivity contribution < 1.29 is 5.11 Å². The summed E-state index contributed by atoms with van der Waals surface area (Å²) in [6, 6.07) is 0. The van der Waals surface area contributed by atoms with Gasteiger partial charge in [-0.05, 0) is 13.3 Å². The smallest absolute Gasteiger partial charge is 0.0721 e. The summed E-state index contributed by atoms with van der Waals surface area (Å²) < 4.78 is 0. The molecule has 0 aromatic rings. The van der Waals surface area contributed by atoms with E-state index < -0.39 is 8.07 Å². The highest BCUT2D eigenvalue weighted by atomic mass is 28.3. The number of hydrogen-bond donors (Lipinski definition) is 1. The molecule has 0 aliphatic carbocycles. The molecule has 0 amide bonds. The molecule has 1 N–H and O–H groups in total. The Morgan fingerprint density at radius 1 is 1.40 bits per heavy atom. The molecule has 2 heteroatoms. The molecule has 0 aliphatic heterocycles. The van der Waals surface area contributed by atoms with E-state index in [4.69, 9.17) is 5.11 Å². The van der Waals surface area contributed by atoms with Crippen LogP contribution in [0.25, 0.3) is 0 Å². The van der Waals surface area contributed by atoms with Crippen molar-refractivity contribution in [3.05, 3.63) is 11.3 Å². The molecule has 60 valence electrons. The third kappa shape index (κ3) is 3.18. The number of aliphatic hydroxyl groups is 1. The van der Waals surface area contributed by atoms with Gasteiger partial charge in [-0.2, -0.15) is 0 Å². The van der Waals surface area contributed by atoms with Crippen LogP contribution < -0.4 is 0 Å². The first-order chi connectivity index (χ1) is 4.52. The quantitative estimate of drug-likeness (QED) is 0.624. The van der Waals surface area contributed by atoms with Gasteiger partial charge in [0.1, 0.15) is 0 Å². The van der Waals surface area contributed by atoms with Gasteiger partial charge < -0.3 is 5.11 Å². The van der Waals surface area contributed by atoms with Crippen molar-refractivity contribution in [1.82, 2.24) is 0 Å². The second-order valence-corrected chi connectivity index (χ2v) is 8.68. The fourth-order valence-corrected chi connectivity index (χ4v) is 2.80. The van der Waals surface area contributed by atoms with E-state index in [2.05, 4.69) is 32.6 Å². The fourth-order valence-electron chi connectivity index (χ4n) is 1.07. The van der Waals surface area contributed by atoms with E-state index >= 15 is 0 Å². The van der Waals surface area contributed by atoms with Gasteiger partial charge in [0.15, 0.2) is 0 Å². The van der Waals surface area contributed by atoms with Crippen molar-refractivity contribution in [2.45, 2.75) is 33.0 Å². The molecular weight excluding hydrogens is 140 g/mol. The Kier molecular flexibility index (Phi) is 3.90. The van der Waals surface area contributed by atoms with E-state index in [1.54, 1.807) is 0 Å². The monoisotopic (exact) mass is 158 g/mol. The third-order valence-corrected chi connectivity index (χ3v) is 4.16. The SMILES string of the molecule is C/C=C(/CCO)[Si](C)(C)C. The molecule has 0 radical (unpaired) electrons. The van der Waals surface area contributed by atoms with Gasteiger partial charge in [0.05, 0.1) is 8.07 Å². The van der Waals surface area contributed by atoms with E-state index in [1.165, 1.54) is 5.20 Å². The first-order valence-electron chi connectivity index (χ1n) is 3.79. The Morgan fingerprint density at radius 3 is 2.00 bits per heavy atom. The standard InChI is InChI=1S/C8H18OSi/c1-5-8(6-7-9)10(2,3)4/h5,9H,6-7H2,1-4H3/b8-5-. The van der Waals surface area contributed by atoms with Crippen molar-refractivity contribution in [1.29, 1.82) is 0 Å². The van der Waals surface area contributed by atoms with Gasteiger partial charge in [0, 0.05) is 6.61 Å². The van der Waals surface area contributed by atoms with E-state index in [1.807, 2.05) is 0 Å². The summed E-state index contributed by atoms with van der Waals surface area (Å²) in [7, 11) is -1.11. The maximum atomic E-state index is 8.71. The van der Waals surface area contributed by atoms with Gasteiger partial charge in [-0.1, -0.05) is 30.9 Å². The molecule has 0 fully saturated rings. The maximum absolute atomic E-state index is 8.71. The summed E-state index contributed by atoms with van der Waals surface area (Å²) in [5.74, 6) is 0. The van der Waals surface area contributed by atoms with Crippen LogP contribution in [0.4, 0.5) is 0 Å².